The Balaban J connectivity index is 2.41. The van der Waals surface area contributed by atoms with Crippen LogP contribution in [0.3, 0.4) is 0 Å². The third-order valence-corrected chi connectivity index (χ3v) is 4.72. The highest BCUT2D eigenvalue weighted by atomic mass is 16.5. The van der Waals surface area contributed by atoms with Crippen LogP contribution in [-0.4, -0.2) is 24.8 Å². The molecule has 0 saturated carbocycles. The summed E-state index contributed by atoms with van der Waals surface area (Å²) >= 11 is 0. The van der Waals surface area contributed by atoms with E-state index in [1.54, 1.807) is 0 Å². The van der Waals surface area contributed by atoms with E-state index >= 15 is 0 Å². The monoisotopic (exact) mass is 197 g/mol. The Morgan fingerprint density at radius 2 is 1.79 bits per heavy atom. The minimum absolute atomic E-state index is 0.177. The SMILES string of the molecule is CN[C@]1(C(C)C)[C@H]2CC[C@H](O2)C1(C)C. The van der Waals surface area contributed by atoms with Crippen molar-refractivity contribution in [2.24, 2.45) is 11.3 Å². The minimum atomic E-state index is 0.177. The summed E-state index contributed by atoms with van der Waals surface area (Å²) in [4.78, 5) is 0. The first kappa shape index (κ1) is 10.4. The number of fused-ring (bicyclic) bond motifs is 2. The molecule has 0 unspecified atom stereocenters. The van der Waals surface area contributed by atoms with Crippen LogP contribution in [0, 0.1) is 11.3 Å². The lowest BCUT2D eigenvalue weighted by Gasteiger charge is -2.50. The van der Waals surface area contributed by atoms with Crippen LogP contribution in [-0.2, 0) is 4.74 Å². The topological polar surface area (TPSA) is 21.3 Å². The fourth-order valence-electron chi connectivity index (χ4n) is 4.07. The van der Waals surface area contributed by atoms with E-state index in [4.69, 9.17) is 4.74 Å². The Hall–Kier alpha value is -0.0800. The zero-order chi connectivity index (χ0) is 10.6. The molecular formula is C12H23NO. The average molecular weight is 197 g/mol. The quantitative estimate of drug-likeness (QED) is 0.732. The molecule has 2 fully saturated rings. The third kappa shape index (κ3) is 0.938. The van der Waals surface area contributed by atoms with Gasteiger partial charge in [0.05, 0.1) is 17.7 Å². The van der Waals surface area contributed by atoms with Crippen LogP contribution < -0.4 is 5.32 Å². The van der Waals surface area contributed by atoms with Crippen molar-refractivity contribution >= 4 is 0 Å². The molecular weight excluding hydrogens is 174 g/mol. The molecule has 2 nitrogen and oxygen atoms in total. The predicted molar refractivity (Wildman–Crippen MR) is 58.3 cm³/mol. The van der Waals surface area contributed by atoms with Gasteiger partial charge in [0.1, 0.15) is 0 Å². The molecule has 2 rings (SSSR count). The molecule has 2 heteroatoms. The molecule has 1 N–H and O–H groups in total. The van der Waals surface area contributed by atoms with Crippen molar-refractivity contribution in [3.05, 3.63) is 0 Å². The summed E-state index contributed by atoms with van der Waals surface area (Å²) in [5.74, 6) is 0.623. The summed E-state index contributed by atoms with van der Waals surface area (Å²) in [6, 6.07) is 0. The van der Waals surface area contributed by atoms with Crippen LogP contribution in [0.25, 0.3) is 0 Å². The highest BCUT2D eigenvalue weighted by Crippen LogP contribution is 2.56. The van der Waals surface area contributed by atoms with Gasteiger partial charge >= 0.3 is 0 Å². The van der Waals surface area contributed by atoms with Crippen molar-refractivity contribution in [1.29, 1.82) is 0 Å². The minimum Gasteiger partial charge on any atom is -0.372 e. The van der Waals surface area contributed by atoms with Gasteiger partial charge in [0.2, 0.25) is 0 Å². The first-order chi connectivity index (χ1) is 6.46. The lowest BCUT2D eigenvalue weighted by Crippen LogP contribution is -2.64. The van der Waals surface area contributed by atoms with Crippen molar-refractivity contribution in [3.63, 3.8) is 0 Å². The number of nitrogens with one attached hydrogen (secondary N) is 1. The Morgan fingerprint density at radius 1 is 1.21 bits per heavy atom. The molecule has 0 spiro atoms. The van der Waals surface area contributed by atoms with E-state index in [1.807, 2.05) is 0 Å². The number of ether oxygens (including phenoxy) is 1. The molecule has 0 aromatic rings. The van der Waals surface area contributed by atoms with E-state index < -0.39 is 0 Å². The van der Waals surface area contributed by atoms with Gasteiger partial charge in [0.15, 0.2) is 0 Å². The summed E-state index contributed by atoms with van der Waals surface area (Å²) in [6.07, 6.45) is 3.36. The summed E-state index contributed by atoms with van der Waals surface area (Å²) in [7, 11) is 2.09. The molecule has 14 heavy (non-hydrogen) atoms. The fourth-order valence-corrected chi connectivity index (χ4v) is 4.07. The van der Waals surface area contributed by atoms with Gasteiger partial charge in [0.25, 0.3) is 0 Å². The van der Waals surface area contributed by atoms with Gasteiger partial charge in [-0.25, -0.2) is 0 Å². The summed E-state index contributed by atoms with van der Waals surface area (Å²) in [6.45, 7) is 9.32. The third-order valence-electron chi connectivity index (χ3n) is 4.72. The Bertz CT molecular complexity index is 236. The van der Waals surface area contributed by atoms with E-state index in [0.717, 1.165) is 0 Å². The summed E-state index contributed by atoms with van der Waals surface area (Å²) < 4.78 is 6.09. The number of hydrogen-bond acceptors (Lipinski definition) is 2. The zero-order valence-electron chi connectivity index (χ0n) is 10.1. The first-order valence-corrected chi connectivity index (χ1v) is 5.81. The van der Waals surface area contributed by atoms with E-state index in [1.165, 1.54) is 12.8 Å². The molecule has 2 aliphatic heterocycles. The maximum absolute atomic E-state index is 6.09. The maximum atomic E-state index is 6.09. The molecule has 2 saturated heterocycles. The second-order valence-corrected chi connectivity index (χ2v) is 5.69. The van der Waals surface area contributed by atoms with E-state index in [0.29, 0.717) is 18.1 Å². The van der Waals surface area contributed by atoms with Crippen LogP contribution in [0.4, 0.5) is 0 Å². The normalized spacial score (nSPS) is 45.0. The lowest BCUT2D eigenvalue weighted by molar-refractivity contribution is 0.0561. The highest BCUT2D eigenvalue weighted by molar-refractivity contribution is 5.17. The van der Waals surface area contributed by atoms with Gasteiger partial charge in [-0.2, -0.15) is 0 Å². The maximum Gasteiger partial charge on any atom is 0.0770 e. The van der Waals surface area contributed by atoms with Gasteiger partial charge in [-0.15, -0.1) is 0 Å². The van der Waals surface area contributed by atoms with Gasteiger partial charge in [-0.05, 0) is 25.8 Å². The van der Waals surface area contributed by atoms with Gasteiger partial charge in [-0.1, -0.05) is 27.7 Å². The van der Waals surface area contributed by atoms with Crippen molar-refractivity contribution < 1.29 is 4.74 Å². The fraction of sp³-hybridized carbons (Fsp3) is 1.00. The number of rotatable bonds is 2. The highest BCUT2D eigenvalue weighted by Gasteiger charge is 2.64. The van der Waals surface area contributed by atoms with Crippen LogP contribution in [0.15, 0.2) is 0 Å². The van der Waals surface area contributed by atoms with Crippen molar-refractivity contribution in [2.75, 3.05) is 7.05 Å². The van der Waals surface area contributed by atoms with Crippen molar-refractivity contribution in [2.45, 2.75) is 58.3 Å². The standard InChI is InChI=1S/C12H23NO/c1-8(2)12(13-5)10-7-6-9(14-10)11(12,3)4/h8-10,13H,6-7H2,1-5H3/t9-,10+,12+/m0/s1. The van der Waals surface area contributed by atoms with Crippen molar-refractivity contribution in [3.8, 4) is 0 Å². The molecule has 2 bridgehead atoms. The molecule has 3 atom stereocenters. The number of hydrogen-bond donors (Lipinski definition) is 1. The molecule has 0 aromatic carbocycles. The second-order valence-electron chi connectivity index (χ2n) is 5.69. The largest absolute Gasteiger partial charge is 0.372 e. The van der Waals surface area contributed by atoms with Gasteiger partial charge in [-0.3, -0.25) is 0 Å². The van der Waals surface area contributed by atoms with Gasteiger partial charge in [0, 0.05) is 5.41 Å². The van der Waals surface area contributed by atoms with E-state index in [-0.39, 0.29) is 11.0 Å². The zero-order valence-corrected chi connectivity index (χ0v) is 10.1. The van der Waals surface area contributed by atoms with Crippen LogP contribution in [0.2, 0.25) is 0 Å². The summed E-state index contributed by atoms with van der Waals surface area (Å²) in [5, 5.41) is 3.57. The van der Waals surface area contributed by atoms with E-state index in [2.05, 4.69) is 40.1 Å². The van der Waals surface area contributed by atoms with Crippen LogP contribution in [0.1, 0.15) is 40.5 Å². The van der Waals surface area contributed by atoms with Crippen LogP contribution in [0.5, 0.6) is 0 Å². The molecule has 2 heterocycles. The first-order valence-electron chi connectivity index (χ1n) is 5.81. The molecule has 0 aromatic heterocycles. The Morgan fingerprint density at radius 3 is 2.07 bits per heavy atom. The Labute approximate surface area is 87.4 Å². The molecule has 0 aliphatic carbocycles. The molecule has 2 aliphatic rings. The lowest BCUT2D eigenvalue weighted by atomic mass is 9.58. The number of likely N-dealkylation sites (N-methyl/N-ethyl adjacent to an activating group) is 1. The second kappa shape index (κ2) is 2.96. The molecule has 0 radical (unpaired) electrons. The molecule has 0 amide bonds. The van der Waals surface area contributed by atoms with Crippen LogP contribution >= 0.6 is 0 Å². The Kier molecular flexibility index (Phi) is 2.20. The predicted octanol–water partition coefficient (Wildman–Crippen LogP) is 2.19. The molecule has 82 valence electrons. The van der Waals surface area contributed by atoms with Crippen molar-refractivity contribution in [1.82, 2.24) is 5.32 Å². The summed E-state index contributed by atoms with van der Waals surface area (Å²) in [5.41, 5.74) is 0.439. The average Bonchev–Trinajstić information content (AvgIpc) is 2.60. The van der Waals surface area contributed by atoms with Gasteiger partial charge < -0.3 is 10.1 Å². The van der Waals surface area contributed by atoms with E-state index in [9.17, 15) is 0 Å². The smallest absolute Gasteiger partial charge is 0.0770 e.